The number of anilines is 1. The molecule has 0 fully saturated rings. The molecule has 3 heterocycles. The van der Waals surface area contributed by atoms with Crippen molar-refractivity contribution in [3.63, 3.8) is 0 Å². The second-order valence-corrected chi connectivity index (χ2v) is 5.68. The van der Waals surface area contributed by atoms with Crippen molar-refractivity contribution >= 4 is 35.1 Å². The summed E-state index contributed by atoms with van der Waals surface area (Å²) in [5.41, 5.74) is 0.724. The van der Waals surface area contributed by atoms with Crippen LogP contribution in [0.4, 0.5) is 5.82 Å². The lowest BCUT2D eigenvalue weighted by Crippen LogP contribution is -2.14. The molecule has 0 atom stereocenters. The summed E-state index contributed by atoms with van der Waals surface area (Å²) in [5, 5.41) is 11.3. The van der Waals surface area contributed by atoms with Crippen LogP contribution in [0.3, 0.4) is 0 Å². The molecular formula is C14H10ClN5O2S. The standard InChI is InChI=1S/C14H10ClN5O2S/c15-10-3-4-11(17-7-10)18-12(21)8-23-14-20-19-13(22-14)9-2-1-5-16-6-9/h1-7H,8H2,(H,17,18,21). The van der Waals surface area contributed by atoms with Crippen molar-refractivity contribution < 1.29 is 9.21 Å². The Morgan fingerprint density at radius 1 is 1.26 bits per heavy atom. The Kier molecular flexibility index (Phi) is 4.84. The van der Waals surface area contributed by atoms with E-state index < -0.39 is 0 Å². The van der Waals surface area contributed by atoms with Crippen LogP contribution in [0.25, 0.3) is 11.5 Å². The topological polar surface area (TPSA) is 93.8 Å². The average molecular weight is 348 g/mol. The van der Waals surface area contributed by atoms with Crippen LogP contribution in [-0.4, -0.2) is 31.8 Å². The SMILES string of the molecule is O=C(CSc1nnc(-c2cccnc2)o1)Nc1ccc(Cl)cn1. The Morgan fingerprint density at radius 3 is 2.91 bits per heavy atom. The smallest absolute Gasteiger partial charge is 0.277 e. The number of pyridine rings is 2. The van der Waals surface area contributed by atoms with Crippen molar-refractivity contribution in [2.45, 2.75) is 5.22 Å². The van der Waals surface area contributed by atoms with Crippen molar-refractivity contribution in [1.29, 1.82) is 0 Å². The number of rotatable bonds is 5. The van der Waals surface area contributed by atoms with Gasteiger partial charge in [0.25, 0.3) is 5.22 Å². The van der Waals surface area contributed by atoms with Crippen LogP contribution in [0, 0.1) is 0 Å². The van der Waals surface area contributed by atoms with Crippen molar-refractivity contribution in [3.8, 4) is 11.5 Å². The summed E-state index contributed by atoms with van der Waals surface area (Å²) in [5.74, 6) is 0.687. The molecule has 0 unspecified atom stereocenters. The summed E-state index contributed by atoms with van der Waals surface area (Å²) in [6.45, 7) is 0. The maximum atomic E-state index is 11.8. The predicted octanol–water partition coefficient (Wildman–Crippen LogP) is 2.91. The zero-order chi connectivity index (χ0) is 16.1. The monoisotopic (exact) mass is 347 g/mol. The van der Waals surface area contributed by atoms with Gasteiger partial charge < -0.3 is 9.73 Å². The van der Waals surface area contributed by atoms with Crippen molar-refractivity contribution in [2.24, 2.45) is 0 Å². The number of halogens is 1. The largest absolute Gasteiger partial charge is 0.411 e. The first-order chi connectivity index (χ1) is 11.2. The highest BCUT2D eigenvalue weighted by atomic mass is 35.5. The van der Waals surface area contributed by atoms with Gasteiger partial charge in [-0.25, -0.2) is 4.98 Å². The van der Waals surface area contributed by atoms with Crippen LogP contribution < -0.4 is 5.32 Å². The van der Waals surface area contributed by atoms with Crippen molar-refractivity contribution in [1.82, 2.24) is 20.2 Å². The van der Waals surface area contributed by atoms with E-state index in [1.165, 1.54) is 6.20 Å². The number of hydrogen-bond donors (Lipinski definition) is 1. The number of carbonyl (C=O) groups is 1. The first kappa shape index (κ1) is 15.4. The van der Waals surface area contributed by atoms with Gasteiger partial charge in [-0.3, -0.25) is 9.78 Å². The molecule has 0 aromatic carbocycles. The third-order valence-corrected chi connectivity index (χ3v) is 3.68. The molecule has 0 aliphatic rings. The van der Waals surface area contributed by atoms with E-state index in [1.807, 2.05) is 6.07 Å². The van der Waals surface area contributed by atoms with Crippen LogP contribution in [0.15, 0.2) is 52.5 Å². The van der Waals surface area contributed by atoms with Crippen LogP contribution >= 0.6 is 23.4 Å². The lowest BCUT2D eigenvalue weighted by molar-refractivity contribution is -0.113. The van der Waals surface area contributed by atoms with Crippen LogP contribution in [-0.2, 0) is 4.79 Å². The number of carbonyl (C=O) groups excluding carboxylic acids is 1. The average Bonchev–Trinajstić information content (AvgIpc) is 3.05. The minimum atomic E-state index is -0.231. The zero-order valence-electron chi connectivity index (χ0n) is 11.6. The summed E-state index contributed by atoms with van der Waals surface area (Å²) >= 11 is 6.87. The fraction of sp³-hybridized carbons (Fsp3) is 0.0714. The molecule has 0 radical (unpaired) electrons. The molecule has 0 saturated heterocycles. The zero-order valence-corrected chi connectivity index (χ0v) is 13.2. The van der Waals surface area contributed by atoms with E-state index in [9.17, 15) is 4.79 Å². The number of aromatic nitrogens is 4. The van der Waals surface area contributed by atoms with E-state index >= 15 is 0 Å². The molecule has 0 bridgehead atoms. The van der Waals surface area contributed by atoms with Gasteiger partial charge in [0.2, 0.25) is 11.8 Å². The molecule has 3 aromatic heterocycles. The number of hydrogen-bond acceptors (Lipinski definition) is 7. The van der Waals surface area contributed by atoms with E-state index in [0.29, 0.717) is 22.0 Å². The third-order valence-electron chi connectivity index (χ3n) is 2.64. The molecule has 0 aliphatic heterocycles. The van der Waals surface area contributed by atoms with Crippen LogP contribution in [0.2, 0.25) is 5.02 Å². The van der Waals surface area contributed by atoms with Gasteiger partial charge in [0.1, 0.15) is 5.82 Å². The Labute approximate surface area is 140 Å². The molecule has 1 N–H and O–H groups in total. The van der Waals surface area contributed by atoms with Gasteiger partial charge in [0.05, 0.1) is 16.3 Å². The quantitative estimate of drug-likeness (QED) is 0.709. The summed E-state index contributed by atoms with van der Waals surface area (Å²) in [4.78, 5) is 19.8. The predicted molar refractivity (Wildman–Crippen MR) is 86.1 cm³/mol. The minimum Gasteiger partial charge on any atom is -0.411 e. The Balaban J connectivity index is 1.55. The first-order valence-corrected chi connectivity index (χ1v) is 7.85. The molecule has 3 rings (SSSR count). The highest BCUT2D eigenvalue weighted by molar-refractivity contribution is 7.99. The van der Waals surface area contributed by atoms with Crippen molar-refractivity contribution in [2.75, 3.05) is 11.1 Å². The van der Waals surface area contributed by atoms with Gasteiger partial charge in [-0.2, -0.15) is 0 Å². The van der Waals surface area contributed by atoms with Gasteiger partial charge in [0.15, 0.2) is 0 Å². The number of nitrogens with one attached hydrogen (secondary N) is 1. The second kappa shape index (κ2) is 7.21. The van der Waals surface area contributed by atoms with Gasteiger partial charge in [-0.15, -0.1) is 10.2 Å². The summed E-state index contributed by atoms with van der Waals surface area (Å²) in [6, 6.07) is 6.86. The molecule has 1 amide bonds. The Hall–Kier alpha value is -2.45. The molecule has 9 heteroatoms. The Morgan fingerprint density at radius 2 is 2.17 bits per heavy atom. The van der Waals surface area contributed by atoms with E-state index in [0.717, 1.165) is 17.3 Å². The van der Waals surface area contributed by atoms with E-state index in [2.05, 4.69) is 25.5 Å². The molecular weight excluding hydrogens is 338 g/mol. The van der Waals surface area contributed by atoms with Gasteiger partial charge >= 0.3 is 0 Å². The van der Waals surface area contributed by atoms with Crippen molar-refractivity contribution in [3.05, 3.63) is 47.9 Å². The summed E-state index contributed by atoms with van der Waals surface area (Å²) in [7, 11) is 0. The minimum absolute atomic E-state index is 0.124. The summed E-state index contributed by atoms with van der Waals surface area (Å²) < 4.78 is 5.47. The molecule has 0 aliphatic carbocycles. The molecule has 23 heavy (non-hydrogen) atoms. The number of thioether (sulfide) groups is 1. The lowest BCUT2D eigenvalue weighted by Gasteiger charge is -2.02. The van der Waals surface area contributed by atoms with Gasteiger partial charge in [-0.1, -0.05) is 23.4 Å². The van der Waals surface area contributed by atoms with E-state index in [1.54, 1.807) is 30.6 Å². The highest BCUT2D eigenvalue weighted by Crippen LogP contribution is 2.22. The second-order valence-electron chi connectivity index (χ2n) is 4.31. The van der Waals surface area contributed by atoms with Gasteiger partial charge in [-0.05, 0) is 24.3 Å². The summed E-state index contributed by atoms with van der Waals surface area (Å²) in [6.07, 6.45) is 4.74. The molecule has 3 aromatic rings. The van der Waals surface area contributed by atoms with Crippen LogP contribution in [0.1, 0.15) is 0 Å². The highest BCUT2D eigenvalue weighted by Gasteiger charge is 2.11. The van der Waals surface area contributed by atoms with E-state index in [4.69, 9.17) is 16.0 Å². The molecule has 0 spiro atoms. The first-order valence-electron chi connectivity index (χ1n) is 6.49. The van der Waals surface area contributed by atoms with Gasteiger partial charge in [0, 0.05) is 18.6 Å². The Bertz CT molecular complexity index is 794. The number of amides is 1. The normalized spacial score (nSPS) is 10.5. The lowest BCUT2D eigenvalue weighted by atomic mass is 10.3. The van der Waals surface area contributed by atoms with E-state index in [-0.39, 0.29) is 11.7 Å². The van der Waals surface area contributed by atoms with Crippen LogP contribution in [0.5, 0.6) is 0 Å². The maximum Gasteiger partial charge on any atom is 0.277 e. The third kappa shape index (κ3) is 4.27. The number of nitrogens with zero attached hydrogens (tertiary/aromatic N) is 4. The molecule has 7 nitrogen and oxygen atoms in total. The fourth-order valence-corrected chi connectivity index (χ4v) is 2.30. The maximum absolute atomic E-state index is 11.8. The molecule has 0 saturated carbocycles. The fourth-order valence-electron chi connectivity index (χ4n) is 1.63. The molecule has 116 valence electrons.